The van der Waals surface area contributed by atoms with Crippen LogP contribution in [0.15, 0.2) is 28.6 Å². The zero-order valence-electron chi connectivity index (χ0n) is 7.98. The van der Waals surface area contributed by atoms with Crippen LogP contribution in [-0.4, -0.2) is 15.7 Å². The second-order valence-corrected chi connectivity index (χ2v) is 6.12. The summed E-state index contributed by atoms with van der Waals surface area (Å²) >= 11 is 0. The first-order chi connectivity index (χ1) is 6.68. The first kappa shape index (κ1) is 9.52. The van der Waals surface area contributed by atoms with Crippen molar-refractivity contribution >= 4 is 21.1 Å². The minimum atomic E-state index is -1.95. The number of rotatable bonds is 1. The van der Waals surface area contributed by atoms with E-state index in [1.807, 2.05) is 12.1 Å². The lowest BCUT2D eigenvalue weighted by Gasteiger charge is -2.00. The summed E-state index contributed by atoms with van der Waals surface area (Å²) in [6.45, 7) is 0. The molecule has 3 nitrogen and oxygen atoms in total. The Morgan fingerprint density at radius 1 is 1.29 bits per heavy atom. The molecule has 1 aromatic rings. The minimum absolute atomic E-state index is 0.673. The lowest BCUT2D eigenvalue weighted by molar-refractivity contribution is 0.681. The van der Waals surface area contributed by atoms with Gasteiger partial charge in [-0.3, -0.25) is 0 Å². The molecule has 1 aliphatic rings. The van der Waals surface area contributed by atoms with Crippen LogP contribution in [0.3, 0.4) is 0 Å². The molecule has 0 bridgehead atoms. The number of hydrogen-bond donors (Lipinski definition) is 1. The summed E-state index contributed by atoms with van der Waals surface area (Å²) in [4.78, 5) is 0. The van der Waals surface area contributed by atoms with Crippen LogP contribution in [0.1, 0.15) is 12.8 Å². The van der Waals surface area contributed by atoms with Gasteiger partial charge in [0.1, 0.15) is 0 Å². The number of benzene rings is 1. The first-order valence-corrected chi connectivity index (χ1v) is 6.61. The van der Waals surface area contributed by atoms with Crippen LogP contribution in [-0.2, 0) is 9.73 Å². The summed E-state index contributed by atoms with van der Waals surface area (Å²) < 4.78 is 16.4. The summed E-state index contributed by atoms with van der Waals surface area (Å²) in [7, 11) is -1.95. The quantitative estimate of drug-likeness (QED) is 0.722. The molecule has 4 heteroatoms. The van der Waals surface area contributed by atoms with Crippen molar-refractivity contribution in [2.24, 2.45) is 4.36 Å². The van der Waals surface area contributed by atoms with Gasteiger partial charge in [0.25, 0.3) is 0 Å². The Morgan fingerprint density at radius 3 is 2.64 bits per heavy atom. The second kappa shape index (κ2) is 3.61. The van der Waals surface area contributed by atoms with E-state index in [0.717, 1.165) is 30.0 Å². The Hall–Kier alpha value is -1.03. The van der Waals surface area contributed by atoms with Gasteiger partial charge in [-0.15, -0.1) is 0 Å². The molecule has 0 aromatic heterocycles. The van der Waals surface area contributed by atoms with Gasteiger partial charge >= 0.3 is 0 Å². The van der Waals surface area contributed by atoms with E-state index in [0.29, 0.717) is 5.69 Å². The molecule has 0 amide bonds. The van der Waals surface area contributed by atoms with Crippen LogP contribution in [0, 0.1) is 0 Å². The van der Waals surface area contributed by atoms with Crippen molar-refractivity contribution in [3.8, 4) is 0 Å². The predicted octanol–water partition coefficient (Wildman–Crippen LogP) is 2.16. The number of hydrogen-bond acceptors (Lipinski definition) is 3. The van der Waals surface area contributed by atoms with E-state index >= 15 is 0 Å². The summed E-state index contributed by atoms with van der Waals surface area (Å²) in [5, 5.41) is 0. The van der Waals surface area contributed by atoms with Crippen LogP contribution in [0.5, 0.6) is 0 Å². The van der Waals surface area contributed by atoms with Crippen LogP contribution in [0.2, 0.25) is 0 Å². The van der Waals surface area contributed by atoms with E-state index in [-0.39, 0.29) is 0 Å². The molecule has 0 atom stereocenters. The molecule has 0 saturated carbocycles. The van der Waals surface area contributed by atoms with Crippen molar-refractivity contribution < 1.29 is 4.21 Å². The Balaban J connectivity index is 2.37. The number of nitrogens with zero attached hydrogens (tertiary/aromatic N) is 1. The summed E-state index contributed by atoms with van der Waals surface area (Å²) in [6, 6.07) is 7.26. The van der Waals surface area contributed by atoms with Crippen molar-refractivity contribution in [2.45, 2.75) is 12.8 Å². The van der Waals surface area contributed by atoms with Crippen LogP contribution in [0.25, 0.3) is 0 Å². The molecule has 0 aliphatic carbocycles. The molecule has 1 fully saturated rings. The maximum Gasteiger partial charge on any atom is 0.0750 e. The lowest BCUT2D eigenvalue weighted by atomic mass is 10.3. The Morgan fingerprint density at radius 2 is 2.00 bits per heavy atom. The van der Waals surface area contributed by atoms with Gasteiger partial charge in [-0.1, -0.05) is 6.07 Å². The molecule has 0 spiro atoms. The van der Waals surface area contributed by atoms with Gasteiger partial charge in [0.15, 0.2) is 0 Å². The molecule has 1 aromatic carbocycles. The van der Waals surface area contributed by atoms with Gasteiger partial charge in [0.05, 0.1) is 15.4 Å². The standard InChI is InChI=1S/C10H14N2OS/c11-9-4-3-5-10(8-9)12-14(13)6-1-2-7-14/h3-5,8H,1-2,6-7,11H2. The average molecular weight is 210 g/mol. The van der Waals surface area contributed by atoms with Crippen molar-refractivity contribution in [2.75, 3.05) is 17.2 Å². The molecule has 1 aliphatic heterocycles. The lowest BCUT2D eigenvalue weighted by Crippen LogP contribution is -1.99. The Bertz CT molecular complexity index is 435. The highest BCUT2D eigenvalue weighted by Gasteiger charge is 2.15. The molecule has 0 unspecified atom stereocenters. The van der Waals surface area contributed by atoms with Gasteiger partial charge in [0.2, 0.25) is 0 Å². The molecule has 0 radical (unpaired) electrons. The third-order valence-corrected chi connectivity index (χ3v) is 4.72. The molecule has 1 heterocycles. The highest BCUT2D eigenvalue weighted by molar-refractivity contribution is 7.93. The molecular formula is C10H14N2OS. The van der Waals surface area contributed by atoms with Crippen LogP contribution in [0.4, 0.5) is 11.4 Å². The monoisotopic (exact) mass is 210 g/mol. The van der Waals surface area contributed by atoms with E-state index in [1.165, 1.54) is 0 Å². The third-order valence-electron chi connectivity index (χ3n) is 2.32. The normalized spacial score (nSPS) is 19.4. The number of anilines is 1. The van der Waals surface area contributed by atoms with Crippen LogP contribution < -0.4 is 5.73 Å². The molecular weight excluding hydrogens is 196 g/mol. The van der Waals surface area contributed by atoms with Crippen LogP contribution >= 0.6 is 0 Å². The van der Waals surface area contributed by atoms with E-state index in [1.54, 1.807) is 12.1 Å². The number of nitrogens with two attached hydrogens (primary N) is 1. The molecule has 76 valence electrons. The fourth-order valence-electron chi connectivity index (χ4n) is 1.62. The van der Waals surface area contributed by atoms with E-state index in [9.17, 15) is 4.21 Å². The minimum Gasteiger partial charge on any atom is -0.399 e. The Labute approximate surface area is 84.5 Å². The number of nitrogen functional groups attached to an aromatic ring is 1. The fraction of sp³-hybridized carbons (Fsp3) is 0.400. The molecule has 1 saturated heterocycles. The van der Waals surface area contributed by atoms with Crippen molar-refractivity contribution in [3.63, 3.8) is 0 Å². The Kier molecular flexibility index (Phi) is 2.46. The van der Waals surface area contributed by atoms with Gasteiger partial charge in [-0.05, 0) is 31.0 Å². The second-order valence-electron chi connectivity index (χ2n) is 3.57. The molecule has 14 heavy (non-hydrogen) atoms. The van der Waals surface area contributed by atoms with Crippen molar-refractivity contribution in [1.82, 2.24) is 0 Å². The third kappa shape index (κ3) is 2.07. The summed E-state index contributed by atoms with van der Waals surface area (Å²) in [5.41, 5.74) is 7.04. The smallest absolute Gasteiger partial charge is 0.0750 e. The van der Waals surface area contributed by atoms with E-state index < -0.39 is 9.73 Å². The zero-order chi connectivity index (χ0) is 10.0. The summed E-state index contributed by atoms with van der Waals surface area (Å²) in [5.74, 6) is 1.48. The van der Waals surface area contributed by atoms with Gasteiger partial charge in [0, 0.05) is 17.2 Å². The average Bonchev–Trinajstić information content (AvgIpc) is 2.51. The predicted molar refractivity (Wildman–Crippen MR) is 60.1 cm³/mol. The van der Waals surface area contributed by atoms with Gasteiger partial charge in [-0.2, -0.15) is 4.36 Å². The van der Waals surface area contributed by atoms with Crippen molar-refractivity contribution in [1.29, 1.82) is 0 Å². The zero-order valence-corrected chi connectivity index (χ0v) is 8.80. The topological polar surface area (TPSA) is 55.4 Å². The van der Waals surface area contributed by atoms with Gasteiger partial charge in [-0.25, -0.2) is 4.21 Å². The van der Waals surface area contributed by atoms with E-state index in [2.05, 4.69) is 4.36 Å². The largest absolute Gasteiger partial charge is 0.399 e. The summed E-state index contributed by atoms with van der Waals surface area (Å²) in [6.07, 6.45) is 2.06. The SMILES string of the molecule is Nc1cccc(N=S2(=O)CCCC2)c1. The maximum absolute atomic E-state index is 12.1. The first-order valence-electron chi connectivity index (χ1n) is 4.76. The fourth-order valence-corrected chi connectivity index (χ4v) is 3.82. The van der Waals surface area contributed by atoms with Crippen molar-refractivity contribution in [3.05, 3.63) is 24.3 Å². The van der Waals surface area contributed by atoms with Gasteiger partial charge < -0.3 is 5.73 Å². The molecule has 2 rings (SSSR count). The maximum atomic E-state index is 12.1. The highest BCUT2D eigenvalue weighted by atomic mass is 32.2. The molecule has 2 N–H and O–H groups in total. The highest BCUT2D eigenvalue weighted by Crippen LogP contribution is 2.22. The van der Waals surface area contributed by atoms with E-state index in [4.69, 9.17) is 5.73 Å².